The van der Waals surface area contributed by atoms with Crippen LogP contribution in [0.15, 0.2) is 24.3 Å². The maximum Gasteiger partial charge on any atom is 0.234 e. The van der Waals surface area contributed by atoms with E-state index in [9.17, 15) is 4.79 Å². The largest absolute Gasteiger partial charge is 0.497 e. The summed E-state index contributed by atoms with van der Waals surface area (Å²) in [6, 6.07) is 6.76. The molecule has 0 unspecified atom stereocenters. The number of carbonyl (C=O) groups is 1. The lowest BCUT2D eigenvalue weighted by atomic mass is 10.1. The van der Waals surface area contributed by atoms with Gasteiger partial charge in [0.2, 0.25) is 5.91 Å². The minimum absolute atomic E-state index is 0.437. The van der Waals surface area contributed by atoms with Crippen molar-refractivity contribution >= 4 is 5.91 Å². The molecule has 0 aromatic heterocycles. The molecule has 1 atom stereocenters. The fourth-order valence-electron chi connectivity index (χ4n) is 1.15. The fourth-order valence-corrected chi connectivity index (χ4v) is 1.15. The van der Waals surface area contributed by atoms with Crippen molar-refractivity contribution < 1.29 is 9.53 Å². The predicted molar refractivity (Wildman–Crippen MR) is 53.9 cm³/mol. The van der Waals surface area contributed by atoms with Gasteiger partial charge in [-0.1, -0.05) is 12.1 Å². The molecule has 0 saturated carbocycles. The number of hydrogen-bond donors (Lipinski definition) is 2. The number of carbonyl (C=O) groups excluding carboxylic acids is 1. The zero-order chi connectivity index (χ0) is 10.6. The molecule has 76 valence electrons. The molecule has 0 heterocycles. The molecule has 0 bridgehead atoms. The normalized spacial score (nSPS) is 12.1. The maximum atomic E-state index is 10.7. The minimum Gasteiger partial charge on any atom is -0.497 e. The lowest BCUT2D eigenvalue weighted by molar-refractivity contribution is -0.119. The third kappa shape index (κ3) is 2.74. The van der Waals surface area contributed by atoms with Gasteiger partial charge >= 0.3 is 0 Å². The molecule has 4 N–H and O–H groups in total. The minimum atomic E-state index is -0.637. The first-order valence-electron chi connectivity index (χ1n) is 4.31. The van der Waals surface area contributed by atoms with Crippen LogP contribution in [-0.2, 0) is 11.2 Å². The van der Waals surface area contributed by atoms with E-state index in [-0.39, 0.29) is 0 Å². The van der Waals surface area contributed by atoms with Gasteiger partial charge in [-0.3, -0.25) is 4.79 Å². The van der Waals surface area contributed by atoms with Crippen LogP contribution in [-0.4, -0.2) is 19.1 Å². The van der Waals surface area contributed by atoms with Crippen molar-refractivity contribution in [3.8, 4) is 5.75 Å². The molecule has 0 fully saturated rings. The summed E-state index contributed by atoms with van der Waals surface area (Å²) in [5.74, 6) is 0.256. The molecule has 1 rings (SSSR count). The standard InChI is InChI=1S/C10H14N2O2/c1-14-8-4-2-3-7(5-8)6-9(11)10(12)13/h2-5,9H,6,11H2,1H3,(H2,12,13)/t9-/m1/s1. The van der Waals surface area contributed by atoms with E-state index in [2.05, 4.69) is 0 Å². The van der Waals surface area contributed by atoms with Gasteiger partial charge in [0.15, 0.2) is 0 Å². The van der Waals surface area contributed by atoms with Crippen molar-refractivity contribution in [1.29, 1.82) is 0 Å². The highest BCUT2D eigenvalue weighted by atomic mass is 16.5. The molecule has 1 amide bonds. The maximum absolute atomic E-state index is 10.7. The van der Waals surface area contributed by atoms with Crippen molar-refractivity contribution in [3.05, 3.63) is 29.8 Å². The van der Waals surface area contributed by atoms with Crippen LogP contribution >= 0.6 is 0 Å². The molecular formula is C10H14N2O2. The van der Waals surface area contributed by atoms with Crippen LogP contribution in [0.4, 0.5) is 0 Å². The first-order valence-corrected chi connectivity index (χ1v) is 4.31. The number of nitrogens with two attached hydrogens (primary N) is 2. The molecule has 1 aromatic carbocycles. The van der Waals surface area contributed by atoms with Crippen molar-refractivity contribution in [2.24, 2.45) is 11.5 Å². The van der Waals surface area contributed by atoms with Crippen molar-refractivity contribution in [2.45, 2.75) is 12.5 Å². The van der Waals surface area contributed by atoms with Gasteiger partial charge < -0.3 is 16.2 Å². The van der Waals surface area contributed by atoms with Crippen LogP contribution in [0.5, 0.6) is 5.75 Å². The molecule has 0 spiro atoms. The quantitative estimate of drug-likeness (QED) is 0.710. The molecule has 1 aromatic rings. The predicted octanol–water partition coefficient (Wildman–Crippen LogP) is 0.0503. The monoisotopic (exact) mass is 194 g/mol. The molecule has 0 saturated heterocycles. The summed E-state index contributed by atoms with van der Waals surface area (Å²) in [7, 11) is 1.59. The van der Waals surface area contributed by atoms with Crippen LogP contribution in [0.2, 0.25) is 0 Å². The Morgan fingerprint density at radius 1 is 1.57 bits per heavy atom. The molecule has 0 aliphatic carbocycles. The zero-order valence-electron chi connectivity index (χ0n) is 8.07. The first-order chi connectivity index (χ1) is 6.63. The Kier molecular flexibility index (Phi) is 3.48. The van der Waals surface area contributed by atoms with E-state index in [1.54, 1.807) is 7.11 Å². The molecule has 4 heteroatoms. The SMILES string of the molecule is COc1cccc(C[C@@H](N)C(N)=O)c1. The smallest absolute Gasteiger partial charge is 0.234 e. The highest BCUT2D eigenvalue weighted by Gasteiger charge is 2.09. The summed E-state index contributed by atoms with van der Waals surface area (Å²) in [4.78, 5) is 10.7. The first kappa shape index (κ1) is 10.5. The van der Waals surface area contributed by atoms with E-state index in [4.69, 9.17) is 16.2 Å². The molecule has 14 heavy (non-hydrogen) atoms. The number of ether oxygens (including phenoxy) is 1. The Hall–Kier alpha value is -1.55. The Morgan fingerprint density at radius 3 is 2.86 bits per heavy atom. The van der Waals surface area contributed by atoms with E-state index in [0.717, 1.165) is 11.3 Å². The number of rotatable bonds is 4. The third-order valence-electron chi connectivity index (χ3n) is 1.96. The van der Waals surface area contributed by atoms with Gasteiger partial charge in [0.05, 0.1) is 13.2 Å². The summed E-state index contributed by atoms with van der Waals surface area (Å²) >= 11 is 0. The summed E-state index contributed by atoms with van der Waals surface area (Å²) < 4.78 is 5.04. The average Bonchev–Trinajstić information content (AvgIpc) is 2.18. The highest BCUT2D eigenvalue weighted by Crippen LogP contribution is 2.13. The van der Waals surface area contributed by atoms with Gasteiger partial charge in [-0.2, -0.15) is 0 Å². The van der Waals surface area contributed by atoms with Gasteiger partial charge in [0.1, 0.15) is 5.75 Å². The van der Waals surface area contributed by atoms with Crippen molar-refractivity contribution in [1.82, 2.24) is 0 Å². The van der Waals surface area contributed by atoms with Gasteiger partial charge in [-0.25, -0.2) is 0 Å². The zero-order valence-corrected chi connectivity index (χ0v) is 8.07. The van der Waals surface area contributed by atoms with Gasteiger partial charge in [-0.05, 0) is 24.1 Å². The van der Waals surface area contributed by atoms with Gasteiger partial charge in [0, 0.05) is 0 Å². The Balaban J connectivity index is 2.71. The van der Waals surface area contributed by atoms with Crippen LogP contribution in [0.3, 0.4) is 0 Å². The molecule has 0 radical (unpaired) electrons. The van der Waals surface area contributed by atoms with Crippen molar-refractivity contribution in [3.63, 3.8) is 0 Å². The van der Waals surface area contributed by atoms with E-state index in [1.807, 2.05) is 24.3 Å². The lowest BCUT2D eigenvalue weighted by Gasteiger charge is -2.08. The second kappa shape index (κ2) is 4.62. The van der Waals surface area contributed by atoms with Crippen molar-refractivity contribution in [2.75, 3.05) is 7.11 Å². The summed E-state index contributed by atoms with van der Waals surface area (Å²) in [5, 5.41) is 0. The van der Waals surface area contributed by atoms with E-state index in [1.165, 1.54) is 0 Å². The van der Waals surface area contributed by atoms with Crippen LogP contribution in [0.25, 0.3) is 0 Å². The Morgan fingerprint density at radius 2 is 2.29 bits per heavy atom. The topological polar surface area (TPSA) is 78.3 Å². The van der Waals surface area contributed by atoms with E-state index < -0.39 is 11.9 Å². The number of methoxy groups -OCH3 is 1. The van der Waals surface area contributed by atoms with Gasteiger partial charge in [-0.15, -0.1) is 0 Å². The van der Waals surface area contributed by atoms with Crippen LogP contribution in [0, 0.1) is 0 Å². The summed E-state index contributed by atoms with van der Waals surface area (Å²) in [5.41, 5.74) is 11.5. The molecule has 0 aliphatic rings. The molecule has 4 nitrogen and oxygen atoms in total. The molecular weight excluding hydrogens is 180 g/mol. The number of benzene rings is 1. The highest BCUT2D eigenvalue weighted by molar-refractivity contribution is 5.79. The van der Waals surface area contributed by atoms with Crippen LogP contribution in [0.1, 0.15) is 5.56 Å². The van der Waals surface area contributed by atoms with E-state index in [0.29, 0.717) is 6.42 Å². The number of amides is 1. The molecule has 0 aliphatic heterocycles. The summed E-state index contributed by atoms with van der Waals surface area (Å²) in [6.45, 7) is 0. The Labute approximate surface area is 82.8 Å². The summed E-state index contributed by atoms with van der Waals surface area (Å²) in [6.07, 6.45) is 0.437. The lowest BCUT2D eigenvalue weighted by Crippen LogP contribution is -2.38. The fraction of sp³-hybridized carbons (Fsp3) is 0.300. The third-order valence-corrected chi connectivity index (χ3v) is 1.96. The van der Waals surface area contributed by atoms with Crippen LogP contribution < -0.4 is 16.2 Å². The average molecular weight is 194 g/mol. The number of hydrogen-bond acceptors (Lipinski definition) is 3. The van der Waals surface area contributed by atoms with E-state index >= 15 is 0 Å². The Bertz CT molecular complexity index is 326. The van der Waals surface area contributed by atoms with Gasteiger partial charge in [0.25, 0.3) is 0 Å². The second-order valence-electron chi connectivity index (χ2n) is 3.06. The second-order valence-corrected chi connectivity index (χ2v) is 3.06. The number of primary amides is 1.